The Kier molecular flexibility index (Phi) is 5.13. The Bertz CT molecular complexity index is 639. The molecule has 7 heteroatoms. The first kappa shape index (κ1) is 15.6. The van der Waals surface area contributed by atoms with E-state index in [0.717, 1.165) is 5.56 Å². The first-order valence-electron chi connectivity index (χ1n) is 6.83. The fraction of sp³-hybridized carbons (Fsp3) is 0.267. The highest BCUT2D eigenvalue weighted by Gasteiger charge is 2.26. The molecule has 1 aromatic carbocycles. The maximum Gasteiger partial charge on any atom is 0.408 e. The minimum atomic E-state index is -1.25. The third-order valence-electron chi connectivity index (χ3n) is 3.07. The van der Waals surface area contributed by atoms with Crippen LogP contribution in [-0.2, 0) is 22.7 Å². The largest absolute Gasteiger partial charge is 0.479 e. The van der Waals surface area contributed by atoms with Crippen LogP contribution >= 0.6 is 0 Å². The van der Waals surface area contributed by atoms with Crippen LogP contribution in [0.2, 0.25) is 0 Å². The van der Waals surface area contributed by atoms with Gasteiger partial charge in [0.15, 0.2) is 6.04 Å². The van der Waals surface area contributed by atoms with Gasteiger partial charge in [0.25, 0.3) is 0 Å². The van der Waals surface area contributed by atoms with Crippen LogP contribution in [-0.4, -0.2) is 26.7 Å². The normalized spacial score (nSPS) is 11.7. The number of rotatable bonds is 6. The van der Waals surface area contributed by atoms with E-state index in [4.69, 9.17) is 4.74 Å². The molecule has 1 amide bonds. The van der Waals surface area contributed by atoms with Gasteiger partial charge in [-0.15, -0.1) is 0 Å². The SMILES string of the molecule is CCn1ccnc1C(NC(=O)OCc1ccccc1)C(=O)O. The number of carboxylic acids is 1. The molecule has 0 aliphatic rings. The quantitative estimate of drug-likeness (QED) is 0.850. The Hall–Kier alpha value is -2.83. The summed E-state index contributed by atoms with van der Waals surface area (Å²) in [6.45, 7) is 2.49. The van der Waals surface area contributed by atoms with E-state index in [1.165, 1.54) is 6.20 Å². The van der Waals surface area contributed by atoms with E-state index < -0.39 is 18.1 Å². The molecule has 1 unspecified atom stereocenters. The number of aliphatic carboxylic acids is 1. The number of amides is 1. The molecule has 2 N–H and O–H groups in total. The maximum absolute atomic E-state index is 11.8. The lowest BCUT2D eigenvalue weighted by Crippen LogP contribution is -2.35. The molecule has 2 rings (SSSR count). The van der Waals surface area contributed by atoms with Crippen molar-refractivity contribution in [1.29, 1.82) is 0 Å². The van der Waals surface area contributed by atoms with Crippen LogP contribution in [0.3, 0.4) is 0 Å². The molecule has 1 heterocycles. The van der Waals surface area contributed by atoms with E-state index in [-0.39, 0.29) is 12.4 Å². The lowest BCUT2D eigenvalue weighted by molar-refractivity contribution is -0.139. The Balaban J connectivity index is 1.99. The number of carbonyl (C=O) groups excluding carboxylic acids is 1. The van der Waals surface area contributed by atoms with Crippen molar-refractivity contribution in [3.05, 3.63) is 54.1 Å². The topological polar surface area (TPSA) is 93.5 Å². The number of carbonyl (C=O) groups is 2. The Morgan fingerprint density at radius 1 is 1.36 bits per heavy atom. The Morgan fingerprint density at radius 3 is 2.73 bits per heavy atom. The van der Waals surface area contributed by atoms with E-state index in [1.807, 2.05) is 37.3 Å². The van der Waals surface area contributed by atoms with Crippen LogP contribution in [0.5, 0.6) is 0 Å². The number of nitrogens with one attached hydrogen (secondary N) is 1. The van der Waals surface area contributed by atoms with E-state index in [0.29, 0.717) is 6.54 Å². The highest BCUT2D eigenvalue weighted by Crippen LogP contribution is 2.12. The predicted octanol–water partition coefficient (Wildman–Crippen LogP) is 1.96. The number of aryl methyl sites for hydroxylation is 1. The highest BCUT2D eigenvalue weighted by atomic mass is 16.5. The number of ether oxygens (including phenoxy) is 1. The van der Waals surface area contributed by atoms with Crippen molar-refractivity contribution in [1.82, 2.24) is 14.9 Å². The van der Waals surface area contributed by atoms with Gasteiger partial charge in [0.05, 0.1) is 0 Å². The summed E-state index contributed by atoms with van der Waals surface area (Å²) in [6, 6.07) is 7.88. The molecule has 116 valence electrons. The summed E-state index contributed by atoms with van der Waals surface area (Å²) >= 11 is 0. The molecule has 0 spiro atoms. The zero-order valence-electron chi connectivity index (χ0n) is 12.1. The molecular formula is C15H17N3O4. The Labute approximate surface area is 127 Å². The number of alkyl carbamates (subject to hydrolysis) is 1. The van der Waals surface area contributed by atoms with Gasteiger partial charge in [-0.3, -0.25) is 0 Å². The summed E-state index contributed by atoms with van der Waals surface area (Å²) in [5.74, 6) is -0.941. The van der Waals surface area contributed by atoms with E-state index >= 15 is 0 Å². The molecule has 0 fully saturated rings. The van der Waals surface area contributed by atoms with Crippen molar-refractivity contribution >= 4 is 12.1 Å². The van der Waals surface area contributed by atoms with Crippen LogP contribution in [0.25, 0.3) is 0 Å². The van der Waals surface area contributed by atoms with Gasteiger partial charge in [-0.05, 0) is 12.5 Å². The van der Waals surface area contributed by atoms with Gasteiger partial charge in [-0.1, -0.05) is 30.3 Å². The molecule has 1 aromatic heterocycles. The highest BCUT2D eigenvalue weighted by molar-refractivity contribution is 5.80. The molecule has 22 heavy (non-hydrogen) atoms. The van der Waals surface area contributed by atoms with Crippen LogP contribution in [0.4, 0.5) is 4.79 Å². The predicted molar refractivity (Wildman–Crippen MR) is 78.0 cm³/mol. The summed E-state index contributed by atoms with van der Waals surface area (Å²) in [5.41, 5.74) is 0.819. The van der Waals surface area contributed by atoms with Gasteiger partial charge < -0.3 is 19.7 Å². The van der Waals surface area contributed by atoms with Crippen molar-refractivity contribution in [2.24, 2.45) is 0 Å². The fourth-order valence-electron chi connectivity index (χ4n) is 1.97. The number of aromatic nitrogens is 2. The lowest BCUT2D eigenvalue weighted by atomic mass is 10.2. The molecule has 0 aliphatic heterocycles. The third-order valence-corrected chi connectivity index (χ3v) is 3.07. The van der Waals surface area contributed by atoms with Gasteiger partial charge in [0.2, 0.25) is 0 Å². The minimum Gasteiger partial charge on any atom is -0.479 e. The second kappa shape index (κ2) is 7.26. The molecule has 0 bridgehead atoms. The fourth-order valence-corrected chi connectivity index (χ4v) is 1.97. The van der Waals surface area contributed by atoms with Gasteiger partial charge in [0.1, 0.15) is 12.4 Å². The monoisotopic (exact) mass is 303 g/mol. The summed E-state index contributed by atoms with van der Waals surface area (Å²) in [6.07, 6.45) is 2.34. The van der Waals surface area contributed by atoms with E-state index in [2.05, 4.69) is 10.3 Å². The van der Waals surface area contributed by atoms with Crippen LogP contribution < -0.4 is 5.32 Å². The van der Waals surface area contributed by atoms with Gasteiger partial charge in [0, 0.05) is 18.9 Å². The first-order chi connectivity index (χ1) is 10.6. The smallest absolute Gasteiger partial charge is 0.408 e. The zero-order chi connectivity index (χ0) is 15.9. The van der Waals surface area contributed by atoms with Gasteiger partial charge in [-0.25, -0.2) is 14.6 Å². The second-order valence-electron chi connectivity index (χ2n) is 4.55. The molecule has 2 aromatic rings. The lowest BCUT2D eigenvalue weighted by Gasteiger charge is -2.15. The molecule has 1 atom stereocenters. The van der Waals surface area contributed by atoms with Crippen molar-refractivity contribution in [3.63, 3.8) is 0 Å². The number of imidazole rings is 1. The molecule has 0 radical (unpaired) electrons. The summed E-state index contributed by atoms with van der Waals surface area (Å²) < 4.78 is 6.68. The first-order valence-corrected chi connectivity index (χ1v) is 6.83. The molecule has 0 saturated carbocycles. The summed E-state index contributed by atoms with van der Waals surface area (Å²) in [5, 5.41) is 11.6. The molecule has 0 aliphatic carbocycles. The van der Waals surface area contributed by atoms with E-state index in [1.54, 1.807) is 10.8 Å². The zero-order valence-corrected chi connectivity index (χ0v) is 12.1. The van der Waals surface area contributed by atoms with Crippen molar-refractivity contribution in [2.45, 2.75) is 26.1 Å². The number of hydrogen-bond donors (Lipinski definition) is 2. The van der Waals surface area contributed by atoms with Crippen molar-refractivity contribution < 1.29 is 19.4 Å². The van der Waals surface area contributed by atoms with Crippen LogP contribution in [0, 0.1) is 0 Å². The average Bonchev–Trinajstić information content (AvgIpc) is 2.99. The summed E-state index contributed by atoms with van der Waals surface area (Å²) in [7, 11) is 0. The second-order valence-corrected chi connectivity index (χ2v) is 4.55. The van der Waals surface area contributed by atoms with Gasteiger partial charge in [-0.2, -0.15) is 0 Å². The van der Waals surface area contributed by atoms with E-state index in [9.17, 15) is 14.7 Å². The van der Waals surface area contributed by atoms with Gasteiger partial charge >= 0.3 is 12.1 Å². The van der Waals surface area contributed by atoms with Crippen LogP contribution in [0.15, 0.2) is 42.7 Å². The number of benzene rings is 1. The molecular weight excluding hydrogens is 286 g/mol. The summed E-state index contributed by atoms with van der Waals surface area (Å²) in [4.78, 5) is 27.1. The van der Waals surface area contributed by atoms with Crippen LogP contribution in [0.1, 0.15) is 24.4 Å². The van der Waals surface area contributed by atoms with Crippen molar-refractivity contribution in [2.75, 3.05) is 0 Å². The number of carboxylic acid groups (broad SMARTS) is 1. The third kappa shape index (κ3) is 3.85. The average molecular weight is 303 g/mol. The standard InChI is InChI=1S/C15H17N3O4/c1-2-18-9-8-16-13(18)12(14(19)20)17-15(21)22-10-11-6-4-3-5-7-11/h3-9,12H,2,10H2,1H3,(H,17,21)(H,19,20). The van der Waals surface area contributed by atoms with Crippen molar-refractivity contribution in [3.8, 4) is 0 Å². The Morgan fingerprint density at radius 2 is 2.09 bits per heavy atom. The maximum atomic E-state index is 11.8. The molecule has 0 saturated heterocycles. The molecule has 7 nitrogen and oxygen atoms in total. The number of hydrogen-bond acceptors (Lipinski definition) is 4. The minimum absolute atomic E-state index is 0.0707. The number of nitrogens with zero attached hydrogens (tertiary/aromatic N) is 2.